The van der Waals surface area contributed by atoms with Gasteiger partial charge >= 0.3 is 6.18 Å². The molecule has 6 nitrogen and oxygen atoms in total. The summed E-state index contributed by atoms with van der Waals surface area (Å²) >= 11 is 0. The van der Waals surface area contributed by atoms with Gasteiger partial charge in [-0.05, 0) is 65.1 Å². The third-order valence-electron chi connectivity index (χ3n) is 6.41. The zero-order valence-electron chi connectivity index (χ0n) is 18.8. The maximum Gasteiger partial charge on any atom is 0.407 e. The number of hydrogen-bond acceptors (Lipinski definition) is 5. The number of benzene rings is 3. The summed E-state index contributed by atoms with van der Waals surface area (Å²) in [5, 5.41) is 18.2. The molecule has 0 amide bonds. The number of ether oxygens (including phenoxy) is 1. The lowest BCUT2D eigenvalue weighted by Crippen LogP contribution is -2.47. The Kier molecular flexibility index (Phi) is 5.96. The Labute approximate surface area is 205 Å². The van der Waals surface area contributed by atoms with Crippen molar-refractivity contribution in [2.75, 3.05) is 10.8 Å². The number of sulfonamides is 1. The molecule has 36 heavy (non-hydrogen) atoms. The van der Waals surface area contributed by atoms with Crippen LogP contribution in [0, 0.1) is 0 Å². The van der Waals surface area contributed by atoms with E-state index in [0.717, 1.165) is 0 Å². The second-order valence-corrected chi connectivity index (χ2v) is 10.8. The van der Waals surface area contributed by atoms with Gasteiger partial charge in [0.1, 0.15) is 29.4 Å². The largest absolute Gasteiger partial charge is 0.508 e. The van der Waals surface area contributed by atoms with Crippen LogP contribution in [-0.4, -0.2) is 48.8 Å². The van der Waals surface area contributed by atoms with Crippen LogP contribution in [0.15, 0.2) is 78.9 Å². The van der Waals surface area contributed by atoms with Crippen LogP contribution in [-0.2, 0) is 14.8 Å². The van der Waals surface area contributed by atoms with Crippen LogP contribution >= 0.6 is 0 Å². The van der Waals surface area contributed by atoms with Gasteiger partial charge in [-0.15, -0.1) is 0 Å². The van der Waals surface area contributed by atoms with Crippen molar-refractivity contribution in [2.24, 2.45) is 0 Å². The monoisotopic (exact) mass is 517 g/mol. The van der Waals surface area contributed by atoms with E-state index in [0.29, 0.717) is 26.6 Å². The molecule has 3 aromatic rings. The third kappa shape index (κ3) is 4.42. The first kappa shape index (κ1) is 24.2. The summed E-state index contributed by atoms with van der Waals surface area (Å²) in [6.45, 7) is -1.66. The topological polar surface area (TPSA) is 87.1 Å². The molecule has 0 aliphatic carbocycles. The molecule has 2 aliphatic rings. The van der Waals surface area contributed by atoms with E-state index in [9.17, 15) is 31.8 Å². The molecule has 0 saturated carbocycles. The van der Waals surface area contributed by atoms with Crippen LogP contribution in [0.25, 0.3) is 11.1 Å². The first-order valence-corrected chi connectivity index (χ1v) is 12.7. The minimum absolute atomic E-state index is 0.0132. The highest BCUT2D eigenvalue weighted by Gasteiger charge is 2.55. The van der Waals surface area contributed by atoms with E-state index in [1.165, 1.54) is 48.5 Å². The molecule has 0 unspecified atom stereocenters. The second-order valence-electron chi connectivity index (χ2n) is 8.74. The van der Waals surface area contributed by atoms with Gasteiger partial charge in [0, 0.05) is 0 Å². The van der Waals surface area contributed by atoms with Gasteiger partial charge in [0.2, 0.25) is 10.0 Å². The molecule has 0 radical (unpaired) electrons. The fourth-order valence-electron chi connectivity index (χ4n) is 4.89. The number of alkyl halides is 3. The van der Waals surface area contributed by atoms with Crippen LogP contribution in [0.5, 0.6) is 11.5 Å². The molecule has 2 aliphatic heterocycles. The van der Waals surface area contributed by atoms with E-state index in [2.05, 4.69) is 0 Å². The number of para-hydroxylation sites is 1. The van der Waals surface area contributed by atoms with E-state index >= 15 is 0 Å². The predicted octanol–water partition coefficient (Wildman–Crippen LogP) is 4.95. The van der Waals surface area contributed by atoms with E-state index in [1.54, 1.807) is 30.3 Å². The molecule has 3 atom stereocenters. The van der Waals surface area contributed by atoms with E-state index in [4.69, 9.17) is 4.74 Å². The highest BCUT2D eigenvalue weighted by molar-refractivity contribution is 7.93. The summed E-state index contributed by atoms with van der Waals surface area (Å²) in [5.74, 6) is 0.0694. The van der Waals surface area contributed by atoms with Crippen molar-refractivity contribution in [3.8, 4) is 11.5 Å². The van der Waals surface area contributed by atoms with Gasteiger partial charge in [-0.2, -0.15) is 13.2 Å². The van der Waals surface area contributed by atoms with Crippen molar-refractivity contribution in [1.82, 2.24) is 0 Å². The Hall–Kier alpha value is -3.50. The molecule has 1 fully saturated rings. The van der Waals surface area contributed by atoms with Crippen molar-refractivity contribution < 1.29 is 36.5 Å². The molecule has 188 valence electrons. The zero-order chi connectivity index (χ0) is 25.7. The van der Waals surface area contributed by atoms with Crippen LogP contribution in [0.1, 0.15) is 17.5 Å². The predicted molar refractivity (Wildman–Crippen MR) is 129 cm³/mol. The standard InChI is InChI=1S/C26H22F3NO5S/c27-26(28,29)15-30(18-4-2-1-3-5-18)36(33,34)22-14-21-23(16-6-10-19(31)11-7-16)24(25(22)35-21)17-8-12-20(32)13-9-17/h1-13,21-22,25,31-32H,14-15H2/t21-,22+,25+/m0/s1. The molecule has 5 rings (SSSR count). The number of rotatable bonds is 6. The first-order valence-electron chi connectivity index (χ1n) is 11.2. The number of aromatic hydroxyl groups is 2. The Morgan fingerprint density at radius 1 is 0.833 bits per heavy atom. The quantitative estimate of drug-likeness (QED) is 0.484. The second kappa shape index (κ2) is 8.86. The lowest BCUT2D eigenvalue weighted by atomic mass is 9.83. The number of hydrogen-bond donors (Lipinski definition) is 2. The smallest absolute Gasteiger partial charge is 0.407 e. The molecule has 1 saturated heterocycles. The van der Waals surface area contributed by atoms with Gasteiger partial charge in [-0.1, -0.05) is 42.5 Å². The number of anilines is 1. The van der Waals surface area contributed by atoms with E-state index in [1.807, 2.05) is 0 Å². The Morgan fingerprint density at radius 3 is 1.89 bits per heavy atom. The van der Waals surface area contributed by atoms with Gasteiger partial charge < -0.3 is 14.9 Å². The lowest BCUT2D eigenvalue weighted by molar-refractivity contribution is -0.117. The fraction of sp³-hybridized carbons (Fsp3) is 0.231. The molecule has 10 heteroatoms. The van der Waals surface area contributed by atoms with Gasteiger partial charge in [0.05, 0.1) is 11.8 Å². The maximum atomic E-state index is 13.8. The summed E-state index contributed by atoms with van der Waals surface area (Å²) in [5.41, 5.74) is 2.45. The highest BCUT2D eigenvalue weighted by atomic mass is 32.2. The molecular formula is C26H22F3NO5S. The SMILES string of the molecule is O=S(=O)([C@@H]1C[C@@H]2O[C@H]1C(c1ccc(O)cc1)=C2c1ccc(O)cc1)N(CC(F)(F)F)c1ccccc1. The molecular weight excluding hydrogens is 495 g/mol. The Morgan fingerprint density at radius 2 is 1.36 bits per heavy atom. The summed E-state index contributed by atoms with van der Waals surface area (Å²) in [6.07, 6.45) is -6.47. The number of nitrogens with zero attached hydrogens (tertiary/aromatic N) is 1. The molecule has 2 bridgehead atoms. The normalized spacial score (nSPS) is 21.7. The fourth-order valence-corrected chi connectivity index (χ4v) is 6.89. The summed E-state index contributed by atoms with van der Waals surface area (Å²) in [4.78, 5) is 0. The summed E-state index contributed by atoms with van der Waals surface area (Å²) in [7, 11) is -4.51. The minimum atomic E-state index is -4.76. The van der Waals surface area contributed by atoms with Crippen molar-refractivity contribution in [3.05, 3.63) is 90.0 Å². The van der Waals surface area contributed by atoms with Crippen molar-refractivity contribution in [1.29, 1.82) is 0 Å². The zero-order valence-corrected chi connectivity index (χ0v) is 19.6. The van der Waals surface area contributed by atoms with Gasteiger partial charge in [-0.25, -0.2) is 8.42 Å². The van der Waals surface area contributed by atoms with Crippen molar-refractivity contribution in [2.45, 2.75) is 30.1 Å². The number of phenols is 2. The van der Waals surface area contributed by atoms with Crippen LogP contribution in [0.4, 0.5) is 18.9 Å². The van der Waals surface area contributed by atoms with Gasteiger partial charge in [0.25, 0.3) is 0 Å². The van der Waals surface area contributed by atoms with Crippen LogP contribution in [0.2, 0.25) is 0 Å². The van der Waals surface area contributed by atoms with Gasteiger partial charge in [0.15, 0.2) is 0 Å². The number of phenolic OH excluding ortho intramolecular Hbond substituents is 2. The number of halogens is 3. The van der Waals surface area contributed by atoms with Crippen molar-refractivity contribution in [3.63, 3.8) is 0 Å². The molecule has 2 N–H and O–H groups in total. The molecule has 2 heterocycles. The average Bonchev–Trinajstić information content (AvgIpc) is 3.43. The highest BCUT2D eigenvalue weighted by Crippen LogP contribution is 2.51. The van der Waals surface area contributed by atoms with Crippen LogP contribution in [0.3, 0.4) is 0 Å². The molecule has 0 spiro atoms. The molecule has 3 aromatic carbocycles. The van der Waals surface area contributed by atoms with Crippen LogP contribution < -0.4 is 4.31 Å². The Balaban J connectivity index is 1.61. The Bertz CT molecular complexity index is 1390. The minimum Gasteiger partial charge on any atom is -0.508 e. The number of fused-ring (bicyclic) bond motifs is 2. The maximum absolute atomic E-state index is 13.8. The lowest BCUT2D eigenvalue weighted by Gasteiger charge is -2.32. The van der Waals surface area contributed by atoms with E-state index in [-0.39, 0.29) is 23.6 Å². The summed E-state index contributed by atoms with van der Waals surface area (Å²) < 4.78 is 74.6. The first-order chi connectivity index (χ1) is 17.0. The van der Waals surface area contributed by atoms with E-state index < -0.39 is 40.2 Å². The van der Waals surface area contributed by atoms with Gasteiger partial charge in [-0.3, -0.25) is 4.31 Å². The summed E-state index contributed by atoms with van der Waals surface area (Å²) in [6, 6.07) is 19.7. The average molecular weight is 518 g/mol. The van der Waals surface area contributed by atoms with Crippen molar-refractivity contribution >= 4 is 26.9 Å². The third-order valence-corrected chi connectivity index (χ3v) is 8.56. The molecule has 0 aromatic heterocycles.